The third-order valence-electron chi connectivity index (χ3n) is 3.43. The fourth-order valence-corrected chi connectivity index (χ4v) is 2.44. The lowest BCUT2D eigenvalue weighted by atomic mass is 10.0. The Kier molecular flexibility index (Phi) is 3.84. The lowest BCUT2D eigenvalue weighted by Gasteiger charge is -2.36. The Morgan fingerprint density at radius 2 is 2.47 bits per heavy atom. The van der Waals surface area contributed by atoms with E-state index in [1.165, 1.54) is 0 Å². The molecule has 1 fully saturated rings. The number of nitrogens with one attached hydrogen (secondary N) is 1. The van der Waals surface area contributed by atoms with Crippen LogP contribution >= 0.6 is 0 Å². The SMILES string of the molecule is CNC1CCCN(C(C)Cc2ccco2)C1=O. The van der Waals surface area contributed by atoms with Gasteiger partial charge in [-0.1, -0.05) is 0 Å². The summed E-state index contributed by atoms with van der Waals surface area (Å²) >= 11 is 0. The van der Waals surface area contributed by atoms with Gasteiger partial charge in [-0.25, -0.2) is 0 Å². The first-order valence-electron chi connectivity index (χ1n) is 6.22. The second kappa shape index (κ2) is 5.36. The Bertz CT molecular complexity index is 362. The molecule has 1 aliphatic heterocycles. The molecule has 1 saturated heterocycles. The second-order valence-electron chi connectivity index (χ2n) is 4.65. The third kappa shape index (κ3) is 2.69. The van der Waals surface area contributed by atoms with Crippen molar-refractivity contribution in [3.8, 4) is 0 Å². The van der Waals surface area contributed by atoms with Crippen LogP contribution in [0, 0.1) is 0 Å². The zero-order valence-electron chi connectivity index (χ0n) is 10.5. The van der Waals surface area contributed by atoms with E-state index in [0.717, 1.165) is 31.6 Å². The van der Waals surface area contributed by atoms with Crippen LogP contribution in [0.5, 0.6) is 0 Å². The monoisotopic (exact) mass is 236 g/mol. The first kappa shape index (κ1) is 12.2. The van der Waals surface area contributed by atoms with E-state index >= 15 is 0 Å². The van der Waals surface area contributed by atoms with Crippen molar-refractivity contribution < 1.29 is 9.21 Å². The lowest BCUT2D eigenvalue weighted by molar-refractivity contribution is -0.138. The van der Waals surface area contributed by atoms with Gasteiger partial charge in [0.1, 0.15) is 5.76 Å². The molecule has 0 bridgehead atoms. The fourth-order valence-electron chi connectivity index (χ4n) is 2.44. The molecule has 1 N–H and O–H groups in total. The van der Waals surface area contributed by atoms with Gasteiger partial charge in [0, 0.05) is 19.0 Å². The summed E-state index contributed by atoms with van der Waals surface area (Å²) in [6.07, 6.45) is 4.48. The van der Waals surface area contributed by atoms with E-state index < -0.39 is 0 Å². The van der Waals surface area contributed by atoms with Crippen molar-refractivity contribution in [1.82, 2.24) is 10.2 Å². The Morgan fingerprint density at radius 3 is 3.12 bits per heavy atom. The van der Waals surface area contributed by atoms with Gasteiger partial charge in [-0.2, -0.15) is 0 Å². The average molecular weight is 236 g/mol. The van der Waals surface area contributed by atoms with Crippen LogP contribution in [0.25, 0.3) is 0 Å². The van der Waals surface area contributed by atoms with Crippen molar-refractivity contribution in [1.29, 1.82) is 0 Å². The first-order valence-corrected chi connectivity index (χ1v) is 6.22. The summed E-state index contributed by atoms with van der Waals surface area (Å²) in [7, 11) is 1.85. The van der Waals surface area contributed by atoms with Crippen molar-refractivity contribution in [3.63, 3.8) is 0 Å². The van der Waals surface area contributed by atoms with Gasteiger partial charge in [0.15, 0.2) is 0 Å². The highest BCUT2D eigenvalue weighted by Crippen LogP contribution is 2.17. The van der Waals surface area contributed by atoms with E-state index in [-0.39, 0.29) is 18.0 Å². The molecule has 0 radical (unpaired) electrons. The molecule has 1 aromatic heterocycles. The number of furan rings is 1. The van der Waals surface area contributed by atoms with E-state index in [1.807, 2.05) is 24.1 Å². The Labute approximate surface area is 102 Å². The lowest BCUT2D eigenvalue weighted by Crippen LogP contribution is -2.53. The molecule has 2 heterocycles. The molecule has 4 heteroatoms. The van der Waals surface area contributed by atoms with E-state index in [2.05, 4.69) is 12.2 Å². The van der Waals surface area contributed by atoms with Crippen molar-refractivity contribution in [2.75, 3.05) is 13.6 Å². The molecular formula is C13H20N2O2. The maximum absolute atomic E-state index is 12.2. The Morgan fingerprint density at radius 1 is 1.65 bits per heavy atom. The van der Waals surface area contributed by atoms with Crippen molar-refractivity contribution in [2.24, 2.45) is 0 Å². The number of rotatable bonds is 4. The van der Waals surface area contributed by atoms with Crippen molar-refractivity contribution in [2.45, 2.75) is 38.3 Å². The summed E-state index contributed by atoms with van der Waals surface area (Å²) in [5, 5.41) is 3.08. The third-order valence-corrected chi connectivity index (χ3v) is 3.43. The predicted octanol–water partition coefficient (Wildman–Crippen LogP) is 1.42. The zero-order chi connectivity index (χ0) is 12.3. The second-order valence-corrected chi connectivity index (χ2v) is 4.65. The largest absolute Gasteiger partial charge is 0.469 e. The topological polar surface area (TPSA) is 45.5 Å². The molecule has 1 aliphatic rings. The normalized spacial score (nSPS) is 22.8. The van der Waals surface area contributed by atoms with E-state index in [1.54, 1.807) is 6.26 Å². The van der Waals surface area contributed by atoms with Crippen LogP contribution in [0.1, 0.15) is 25.5 Å². The van der Waals surface area contributed by atoms with Gasteiger partial charge in [0.05, 0.1) is 12.3 Å². The summed E-state index contributed by atoms with van der Waals surface area (Å²) in [6, 6.07) is 4.03. The minimum atomic E-state index is -0.0113. The van der Waals surface area contributed by atoms with Gasteiger partial charge >= 0.3 is 0 Å². The molecule has 0 aliphatic carbocycles. The summed E-state index contributed by atoms with van der Waals surface area (Å²) in [5.74, 6) is 1.16. The van der Waals surface area contributed by atoms with Crippen LogP contribution in [-0.2, 0) is 11.2 Å². The van der Waals surface area contributed by atoms with Gasteiger partial charge in [0.25, 0.3) is 0 Å². The highest BCUT2D eigenvalue weighted by molar-refractivity contribution is 5.82. The smallest absolute Gasteiger partial charge is 0.239 e. The minimum absolute atomic E-state index is 0.0113. The number of nitrogens with zero attached hydrogens (tertiary/aromatic N) is 1. The summed E-state index contributed by atoms with van der Waals surface area (Å²) in [4.78, 5) is 14.1. The average Bonchev–Trinajstić information content (AvgIpc) is 2.82. The van der Waals surface area contributed by atoms with Gasteiger partial charge in [-0.3, -0.25) is 4.79 Å². The minimum Gasteiger partial charge on any atom is -0.469 e. The number of hydrogen-bond donors (Lipinski definition) is 1. The molecule has 1 aromatic rings. The molecule has 1 amide bonds. The molecule has 0 saturated carbocycles. The number of piperidine rings is 1. The van der Waals surface area contributed by atoms with Gasteiger partial charge in [-0.15, -0.1) is 0 Å². The van der Waals surface area contributed by atoms with Gasteiger partial charge in [0.2, 0.25) is 5.91 Å². The highest BCUT2D eigenvalue weighted by atomic mass is 16.3. The number of amides is 1. The number of carbonyl (C=O) groups is 1. The number of hydrogen-bond acceptors (Lipinski definition) is 3. The maximum Gasteiger partial charge on any atom is 0.239 e. The van der Waals surface area contributed by atoms with Crippen LogP contribution in [0.3, 0.4) is 0 Å². The van der Waals surface area contributed by atoms with Crippen molar-refractivity contribution in [3.05, 3.63) is 24.2 Å². The molecule has 0 aromatic carbocycles. The molecule has 2 atom stereocenters. The first-order chi connectivity index (χ1) is 8.22. The fraction of sp³-hybridized carbons (Fsp3) is 0.615. The molecular weight excluding hydrogens is 216 g/mol. The van der Waals surface area contributed by atoms with E-state index in [9.17, 15) is 4.79 Å². The summed E-state index contributed by atoms with van der Waals surface area (Å²) < 4.78 is 5.33. The molecule has 94 valence electrons. The van der Waals surface area contributed by atoms with Gasteiger partial charge < -0.3 is 14.6 Å². The van der Waals surface area contributed by atoms with Crippen LogP contribution in [0.15, 0.2) is 22.8 Å². The van der Waals surface area contributed by atoms with Crippen LogP contribution in [0.2, 0.25) is 0 Å². The number of likely N-dealkylation sites (N-methyl/N-ethyl adjacent to an activating group) is 1. The number of likely N-dealkylation sites (tertiary alicyclic amines) is 1. The quantitative estimate of drug-likeness (QED) is 0.860. The maximum atomic E-state index is 12.2. The Balaban J connectivity index is 1.98. The molecule has 17 heavy (non-hydrogen) atoms. The van der Waals surface area contributed by atoms with E-state index in [0.29, 0.717) is 0 Å². The van der Waals surface area contributed by atoms with E-state index in [4.69, 9.17) is 4.42 Å². The predicted molar refractivity (Wildman–Crippen MR) is 65.7 cm³/mol. The molecule has 2 rings (SSSR count). The summed E-state index contributed by atoms with van der Waals surface area (Å²) in [6.45, 7) is 2.94. The van der Waals surface area contributed by atoms with Crippen LogP contribution in [-0.4, -0.2) is 36.5 Å². The van der Waals surface area contributed by atoms with Crippen LogP contribution in [0.4, 0.5) is 0 Å². The zero-order valence-corrected chi connectivity index (χ0v) is 10.5. The molecule has 2 unspecified atom stereocenters. The standard InChI is InChI=1S/C13H20N2O2/c1-10(9-11-5-4-8-17-11)15-7-3-6-12(14-2)13(15)16/h4-5,8,10,12,14H,3,6-7,9H2,1-2H3. The Hall–Kier alpha value is -1.29. The molecule has 4 nitrogen and oxygen atoms in total. The highest BCUT2D eigenvalue weighted by Gasteiger charge is 2.30. The van der Waals surface area contributed by atoms with Crippen LogP contribution < -0.4 is 5.32 Å². The summed E-state index contributed by atoms with van der Waals surface area (Å²) in [5.41, 5.74) is 0. The molecule has 0 spiro atoms. The number of carbonyl (C=O) groups excluding carboxylic acids is 1. The van der Waals surface area contributed by atoms with Gasteiger partial charge in [-0.05, 0) is 38.9 Å². The van der Waals surface area contributed by atoms with Crippen molar-refractivity contribution >= 4 is 5.91 Å².